The van der Waals surface area contributed by atoms with Crippen molar-refractivity contribution in [1.82, 2.24) is 0 Å². The van der Waals surface area contributed by atoms with Gasteiger partial charge < -0.3 is 9.84 Å². The normalized spacial score (nSPS) is 20.0. The van der Waals surface area contributed by atoms with Crippen molar-refractivity contribution in [3.05, 3.63) is 35.4 Å². The second-order valence-electron chi connectivity index (χ2n) is 5.55. The molecule has 0 saturated heterocycles. The van der Waals surface area contributed by atoms with Gasteiger partial charge in [0.15, 0.2) is 0 Å². The van der Waals surface area contributed by atoms with Crippen LogP contribution in [0.3, 0.4) is 0 Å². The molecule has 2 rings (SSSR count). The Kier molecular flexibility index (Phi) is 5.87. The molecule has 0 fully saturated rings. The zero-order valence-corrected chi connectivity index (χ0v) is 12.0. The molecule has 1 aliphatic rings. The highest BCUT2D eigenvalue weighted by molar-refractivity contribution is 5.30. The van der Waals surface area contributed by atoms with Crippen LogP contribution in [0.25, 0.3) is 0 Å². The molecule has 1 heterocycles. The summed E-state index contributed by atoms with van der Waals surface area (Å²) in [5.41, 5.74) is 2.67. The molecule has 2 atom stereocenters. The SMILES string of the molecule is CCCCCCC(O)CC1OCCc2ccccc21. The van der Waals surface area contributed by atoms with Crippen molar-refractivity contribution in [2.24, 2.45) is 0 Å². The third-order valence-electron chi connectivity index (χ3n) is 3.97. The van der Waals surface area contributed by atoms with E-state index in [4.69, 9.17) is 4.74 Å². The molecule has 0 radical (unpaired) electrons. The molecule has 1 N–H and O–H groups in total. The van der Waals surface area contributed by atoms with Gasteiger partial charge in [-0.1, -0.05) is 56.9 Å². The van der Waals surface area contributed by atoms with Crippen LogP contribution in [-0.2, 0) is 11.2 Å². The zero-order chi connectivity index (χ0) is 13.5. The third-order valence-corrected chi connectivity index (χ3v) is 3.97. The molecule has 19 heavy (non-hydrogen) atoms. The summed E-state index contributed by atoms with van der Waals surface area (Å²) in [6.07, 6.45) is 7.38. The molecule has 0 bridgehead atoms. The van der Waals surface area contributed by atoms with Gasteiger partial charge in [-0.3, -0.25) is 0 Å². The van der Waals surface area contributed by atoms with Gasteiger partial charge in [0.1, 0.15) is 0 Å². The van der Waals surface area contributed by atoms with Crippen molar-refractivity contribution in [1.29, 1.82) is 0 Å². The first-order valence-electron chi connectivity index (χ1n) is 7.68. The molecule has 0 spiro atoms. The lowest BCUT2D eigenvalue weighted by molar-refractivity contribution is 0.00201. The van der Waals surface area contributed by atoms with E-state index in [-0.39, 0.29) is 12.2 Å². The quantitative estimate of drug-likeness (QED) is 0.752. The van der Waals surface area contributed by atoms with Crippen LogP contribution < -0.4 is 0 Å². The summed E-state index contributed by atoms with van der Waals surface area (Å²) in [7, 11) is 0. The standard InChI is InChI=1S/C17H26O2/c1-2-3-4-5-9-15(18)13-17-16-10-7-6-8-14(16)11-12-19-17/h6-8,10,15,17-18H,2-5,9,11-13H2,1H3. The number of unbranched alkanes of at least 4 members (excludes halogenated alkanes) is 3. The predicted octanol–water partition coefficient (Wildman–Crippen LogP) is 4.02. The summed E-state index contributed by atoms with van der Waals surface area (Å²) in [5.74, 6) is 0. The minimum Gasteiger partial charge on any atom is -0.393 e. The maximum absolute atomic E-state index is 10.1. The maximum Gasteiger partial charge on any atom is 0.0852 e. The van der Waals surface area contributed by atoms with Gasteiger partial charge in [-0.2, -0.15) is 0 Å². The number of hydrogen-bond acceptors (Lipinski definition) is 2. The van der Waals surface area contributed by atoms with E-state index in [0.717, 1.165) is 32.3 Å². The van der Waals surface area contributed by atoms with Crippen LogP contribution in [0.1, 0.15) is 62.7 Å². The molecule has 1 aromatic carbocycles. The summed E-state index contributed by atoms with van der Waals surface area (Å²) in [5, 5.41) is 10.1. The number of benzene rings is 1. The zero-order valence-electron chi connectivity index (χ0n) is 12.0. The van der Waals surface area contributed by atoms with Crippen molar-refractivity contribution in [2.45, 2.75) is 64.1 Å². The number of rotatable bonds is 7. The molecule has 2 nitrogen and oxygen atoms in total. The Morgan fingerprint density at radius 1 is 1.26 bits per heavy atom. The van der Waals surface area contributed by atoms with Gasteiger partial charge in [-0.15, -0.1) is 0 Å². The van der Waals surface area contributed by atoms with E-state index >= 15 is 0 Å². The topological polar surface area (TPSA) is 29.5 Å². The molecule has 106 valence electrons. The predicted molar refractivity (Wildman–Crippen MR) is 78.2 cm³/mol. The first-order chi connectivity index (χ1) is 9.31. The lowest BCUT2D eigenvalue weighted by Crippen LogP contribution is -2.21. The molecule has 0 aliphatic carbocycles. The van der Waals surface area contributed by atoms with E-state index in [1.807, 2.05) is 0 Å². The lowest BCUT2D eigenvalue weighted by Gasteiger charge is -2.27. The van der Waals surface area contributed by atoms with Gasteiger partial charge in [-0.25, -0.2) is 0 Å². The van der Waals surface area contributed by atoms with E-state index in [0.29, 0.717) is 0 Å². The Balaban J connectivity index is 1.83. The monoisotopic (exact) mass is 262 g/mol. The van der Waals surface area contributed by atoms with Crippen LogP contribution in [0.2, 0.25) is 0 Å². The Labute approximate surface area is 116 Å². The first kappa shape index (κ1) is 14.5. The molecule has 1 aliphatic heterocycles. The minimum atomic E-state index is -0.229. The van der Waals surface area contributed by atoms with Crippen molar-refractivity contribution in [3.8, 4) is 0 Å². The fourth-order valence-corrected chi connectivity index (χ4v) is 2.84. The Morgan fingerprint density at radius 3 is 2.95 bits per heavy atom. The van der Waals surface area contributed by atoms with Gasteiger partial charge in [0, 0.05) is 6.42 Å². The van der Waals surface area contributed by atoms with E-state index in [1.54, 1.807) is 0 Å². The second-order valence-corrected chi connectivity index (χ2v) is 5.55. The number of ether oxygens (including phenoxy) is 1. The molecular formula is C17H26O2. The number of hydrogen-bond donors (Lipinski definition) is 1. The largest absolute Gasteiger partial charge is 0.393 e. The van der Waals surface area contributed by atoms with E-state index in [1.165, 1.54) is 30.4 Å². The van der Waals surface area contributed by atoms with Crippen LogP contribution >= 0.6 is 0 Å². The maximum atomic E-state index is 10.1. The van der Waals surface area contributed by atoms with Crippen LogP contribution in [0.5, 0.6) is 0 Å². The van der Waals surface area contributed by atoms with Gasteiger partial charge >= 0.3 is 0 Å². The van der Waals surface area contributed by atoms with Crippen molar-refractivity contribution < 1.29 is 9.84 Å². The molecule has 2 unspecified atom stereocenters. The highest BCUT2D eigenvalue weighted by atomic mass is 16.5. The highest BCUT2D eigenvalue weighted by Crippen LogP contribution is 2.31. The van der Waals surface area contributed by atoms with Gasteiger partial charge in [0.05, 0.1) is 18.8 Å². The average molecular weight is 262 g/mol. The fourth-order valence-electron chi connectivity index (χ4n) is 2.84. The highest BCUT2D eigenvalue weighted by Gasteiger charge is 2.22. The summed E-state index contributed by atoms with van der Waals surface area (Å²) in [4.78, 5) is 0. The number of fused-ring (bicyclic) bond motifs is 1. The van der Waals surface area contributed by atoms with E-state index < -0.39 is 0 Å². The summed E-state index contributed by atoms with van der Waals surface area (Å²) >= 11 is 0. The summed E-state index contributed by atoms with van der Waals surface area (Å²) < 4.78 is 5.84. The molecular weight excluding hydrogens is 236 g/mol. The van der Waals surface area contributed by atoms with Gasteiger partial charge in [-0.05, 0) is 24.0 Å². The van der Waals surface area contributed by atoms with Crippen molar-refractivity contribution in [3.63, 3.8) is 0 Å². The molecule has 1 aromatic rings. The third kappa shape index (κ3) is 4.32. The van der Waals surface area contributed by atoms with E-state index in [9.17, 15) is 5.11 Å². The number of aliphatic hydroxyl groups excluding tert-OH is 1. The fraction of sp³-hybridized carbons (Fsp3) is 0.647. The van der Waals surface area contributed by atoms with Crippen LogP contribution in [0.15, 0.2) is 24.3 Å². The Hall–Kier alpha value is -0.860. The minimum absolute atomic E-state index is 0.0890. The molecule has 2 heteroatoms. The Bertz CT molecular complexity index is 375. The smallest absolute Gasteiger partial charge is 0.0852 e. The van der Waals surface area contributed by atoms with Crippen LogP contribution in [0, 0.1) is 0 Å². The molecule has 0 aromatic heterocycles. The first-order valence-corrected chi connectivity index (χ1v) is 7.68. The molecule has 0 saturated carbocycles. The van der Waals surface area contributed by atoms with Gasteiger partial charge in [0.25, 0.3) is 0 Å². The average Bonchev–Trinajstić information content (AvgIpc) is 2.44. The molecule has 0 amide bonds. The summed E-state index contributed by atoms with van der Waals surface area (Å²) in [6, 6.07) is 8.47. The van der Waals surface area contributed by atoms with Gasteiger partial charge in [0.2, 0.25) is 0 Å². The van der Waals surface area contributed by atoms with Crippen LogP contribution in [-0.4, -0.2) is 17.8 Å². The van der Waals surface area contributed by atoms with E-state index in [2.05, 4.69) is 31.2 Å². The number of aliphatic hydroxyl groups is 1. The second kappa shape index (κ2) is 7.66. The lowest BCUT2D eigenvalue weighted by atomic mass is 9.93. The van der Waals surface area contributed by atoms with Crippen LogP contribution in [0.4, 0.5) is 0 Å². The summed E-state index contributed by atoms with van der Waals surface area (Å²) in [6.45, 7) is 2.99. The van der Waals surface area contributed by atoms with Crippen molar-refractivity contribution >= 4 is 0 Å². The van der Waals surface area contributed by atoms with Crippen molar-refractivity contribution in [2.75, 3.05) is 6.61 Å². The Morgan fingerprint density at radius 2 is 2.11 bits per heavy atom.